The van der Waals surface area contributed by atoms with Crippen LogP contribution in [-0.2, 0) is 25.6 Å². The minimum Gasteiger partial charge on any atom is -0.480 e. The van der Waals surface area contributed by atoms with E-state index in [1.165, 1.54) is 4.90 Å². The highest BCUT2D eigenvalue weighted by atomic mass is 16.4. The monoisotopic (exact) mass is 546 g/mol. The second kappa shape index (κ2) is 16.3. The van der Waals surface area contributed by atoms with Crippen LogP contribution >= 0.6 is 0 Å². The zero-order chi connectivity index (χ0) is 28.8. The first-order valence-electron chi connectivity index (χ1n) is 13.3. The number of carbonyl (C=O) groups is 4. The number of carboxylic acids is 1. The summed E-state index contributed by atoms with van der Waals surface area (Å²) in [5.74, 6) is -2.64. The van der Waals surface area contributed by atoms with Crippen LogP contribution in [0.2, 0.25) is 0 Å². The van der Waals surface area contributed by atoms with Crippen molar-refractivity contribution >= 4 is 29.7 Å². The lowest BCUT2D eigenvalue weighted by atomic mass is 10.0. The topological polar surface area (TPSA) is 232 Å². The first kappa shape index (κ1) is 31.5. The summed E-state index contributed by atoms with van der Waals surface area (Å²) < 4.78 is 0. The Labute approximate surface area is 228 Å². The van der Waals surface area contributed by atoms with E-state index >= 15 is 0 Å². The lowest BCUT2D eigenvalue weighted by molar-refractivity contribution is -0.143. The molecule has 1 aliphatic heterocycles. The van der Waals surface area contributed by atoms with Crippen LogP contribution in [0.1, 0.15) is 50.5 Å². The Balaban J connectivity index is 2.05. The Kier molecular flexibility index (Phi) is 13.2. The number of nitrogens with one attached hydrogen (secondary N) is 2. The maximum Gasteiger partial charge on any atom is 0.326 e. The summed E-state index contributed by atoms with van der Waals surface area (Å²) in [4.78, 5) is 56.6. The SMILES string of the molecule is NCCCCC(NC(=O)C1CCCN1C(=O)C(N)CCCN=C(N)N)C(=O)NC(Cc1ccccc1)C(=O)O. The van der Waals surface area contributed by atoms with E-state index in [2.05, 4.69) is 15.6 Å². The number of aliphatic imine (C=N–C) groups is 1. The van der Waals surface area contributed by atoms with Gasteiger partial charge in [-0.05, 0) is 57.1 Å². The van der Waals surface area contributed by atoms with Crippen molar-refractivity contribution in [2.75, 3.05) is 19.6 Å². The number of benzene rings is 1. The first-order valence-corrected chi connectivity index (χ1v) is 13.3. The predicted octanol–water partition coefficient (Wildman–Crippen LogP) is -1.22. The molecule has 13 heteroatoms. The van der Waals surface area contributed by atoms with Crippen LogP contribution < -0.4 is 33.6 Å². The largest absolute Gasteiger partial charge is 0.480 e. The van der Waals surface area contributed by atoms with Gasteiger partial charge in [0.2, 0.25) is 17.7 Å². The number of likely N-dealkylation sites (tertiary alicyclic amines) is 1. The van der Waals surface area contributed by atoms with E-state index in [0.717, 1.165) is 5.56 Å². The molecule has 1 heterocycles. The Bertz CT molecular complexity index is 986. The highest BCUT2D eigenvalue weighted by Crippen LogP contribution is 2.20. The molecule has 1 aliphatic rings. The summed E-state index contributed by atoms with van der Waals surface area (Å²) >= 11 is 0. The fourth-order valence-corrected chi connectivity index (χ4v) is 4.51. The summed E-state index contributed by atoms with van der Waals surface area (Å²) in [5, 5.41) is 15.0. The molecule has 0 bridgehead atoms. The predicted molar refractivity (Wildman–Crippen MR) is 147 cm³/mol. The van der Waals surface area contributed by atoms with Crippen molar-refractivity contribution in [2.24, 2.45) is 27.9 Å². The number of unbranched alkanes of at least 4 members (excludes halogenated alkanes) is 1. The van der Waals surface area contributed by atoms with Gasteiger partial charge in [-0.25, -0.2) is 4.79 Å². The lowest BCUT2D eigenvalue weighted by Crippen LogP contribution is -2.56. The fraction of sp³-hybridized carbons (Fsp3) is 0.577. The van der Waals surface area contributed by atoms with Crippen molar-refractivity contribution < 1.29 is 24.3 Å². The molecule has 11 N–H and O–H groups in total. The Morgan fingerprint density at radius 3 is 2.38 bits per heavy atom. The molecule has 0 aliphatic carbocycles. The van der Waals surface area contributed by atoms with Gasteiger partial charge in [0, 0.05) is 19.5 Å². The number of nitrogens with two attached hydrogens (primary N) is 4. The van der Waals surface area contributed by atoms with Crippen molar-refractivity contribution in [2.45, 2.75) is 75.5 Å². The highest BCUT2D eigenvalue weighted by Gasteiger charge is 2.37. The van der Waals surface area contributed by atoms with Gasteiger partial charge in [-0.1, -0.05) is 30.3 Å². The van der Waals surface area contributed by atoms with E-state index in [-0.39, 0.29) is 24.7 Å². The van der Waals surface area contributed by atoms with Gasteiger partial charge in [0.25, 0.3) is 0 Å². The number of hydrogen-bond donors (Lipinski definition) is 7. The van der Waals surface area contributed by atoms with Crippen molar-refractivity contribution in [1.82, 2.24) is 15.5 Å². The third-order valence-corrected chi connectivity index (χ3v) is 6.60. The van der Waals surface area contributed by atoms with E-state index in [4.69, 9.17) is 22.9 Å². The molecule has 1 fully saturated rings. The molecule has 4 unspecified atom stereocenters. The van der Waals surface area contributed by atoms with E-state index in [1.54, 1.807) is 24.3 Å². The Morgan fingerprint density at radius 1 is 1.03 bits per heavy atom. The van der Waals surface area contributed by atoms with Crippen LogP contribution in [0.4, 0.5) is 0 Å². The average Bonchev–Trinajstić information content (AvgIpc) is 3.40. The summed E-state index contributed by atoms with van der Waals surface area (Å²) in [7, 11) is 0. The van der Waals surface area contributed by atoms with Gasteiger partial charge < -0.3 is 43.6 Å². The van der Waals surface area contributed by atoms with E-state index in [1.807, 2.05) is 6.07 Å². The number of guanidine groups is 1. The standard InChI is InChI=1S/C26H42N8O5/c27-13-5-4-11-19(22(35)33-20(25(38)39)16-17-8-2-1-3-9-17)32-23(36)21-12-7-15-34(21)24(37)18(28)10-6-14-31-26(29)30/h1-3,8-9,18-21H,4-7,10-16,27-28H2,(H,32,36)(H,33,35)(H,38,39)(H4,29,30,31). The third-order valence-electron chi connectivity index (χ3n) is 6.60. The molecule has 1 saturated heterocycles. The van der Waals surface area contributed by atoms with Crippen LogP contribution in [-0.4, -0.2) is 83.5 Å². The second-order valence-corrected chi connectivity index (χ2v) is 9.68. The number of carboxylic acid groups (broad SMARTS) is 1. The summed E-state index contributed by atoms with van der Waals surface area (Å²) in [6, 6.07) is 5.21. The number of rotatable bonds is 16. The first-order chi connectivity index (χ1) is 18.6. The molecule has 4 atom stereocenters. The summed E-state index contributed by atoms with van der Waals surface area (Å²) in [6.07, 6.45) is 3.46. The van der Waals surface area contributed by atoms with Crippen LogP contribution in [0.15, 0.2) is 35.3 Å². The Morgan fingerprint density at radius 2 is 1.74 bits per heavy atom. The van der Waals surface area contributed by atoms with Crippen LogP contribution in [0.25, 0.3) is 0 Å². The number of aliphatic carboxylic acids is 1. The molecule has 2 rings (SSSR count). The molecule has 39 heavy (non-hydrogen) atoms. The fourth-order valence-electron chi connectivity index (χ4n) is 4.51. The molecule has 216 valence electrons. The molecule has 13 nitrogen and oxygen atoms in total. The maximum absolute atomic E-state index is 13.3. The van der Waals surface area contributed by atoms with Gasteiger partial charge in [-0.2, -0.15) is 0 Å². The minimum atomic E-state index is -1.18. The van der Waals surface area contributed by atoms with Gasteiger partial charge in [-0.15, -0.1) is 0 Å². The van der Waals surface area contributed by atoms with Crippen LogP contribution in [0.5, 0.6) is 0 Å². The molecule has 0 spiro atoms. The molecular formula is C26H42N8O5. The number of carbonyl (C=O) groups excluding carboxylic acids is 3. The van der Waals surface area contributed by atoms with Crippen molar-refractivity contribution in [3.05, 3.63) is 35.9 Å². The zero-order valence-corrected chi connectivity index (χ0v) is 22.3. The van der Waals surface area contributed by atoms with E-state index in [9.17, 15) is 24.3 Å². The molecule has 0 aromatic heterocycles. The van der Waals surface area contributed by atoms with Crippen LogP contribution in [0, 0.1) is 0 Å². The molecule has 0 radical (unpaired) electrons. The molecular weight excluding hydrogens is 504 g/mol. The van der Waals surface area contributed by atoms with E-state index < -0.39 is 42.0 Å². The molecule has 1 aromatic rings. The maximum atomic E-state index is 13.3. The van der Waals surface area contributed by atoms with Gasteiger partial charge >= 0.3 is 5.97 Å². The van der Waals surface area contributed by atoms with Crippen molar-refractivity contribution in [3.8, 4) is 0 Å². The number of amides is 3. The van der Waals surface area contributed by atoms with Gasteiger partial charge in [0.05, 0.1) is 6.04 Å². The van der Waals surface area contributed by atoms with Crippen molar-refractivity contribution in [3.63, 3.8) is 0 Å². The van der Waals surface area contributed by atoms with Gasteiger partial charge in [0.15, 0.2) is 5.96 Å². The normalized spacial score (nSPS) is 17.1. The third kappa shape index (κ3) is 10.5. The summed E-state index contributed by atoms with van der Waals surface area (Å²) in [5.41, 5.74) is 23.1. The smallest absolute Gasteiger partial charge is 0.326 e. The summed E-state index contributed by atoms with van der Waals surface area (Å²) in [6.45, 7) is 1.13. The quantitative estimate of drug-likeness (QED) is 0.0747. The second-order valence-electron chi connectivity index (χ2n) is 9.68. The van der Waals surface area contributed by atoms with Crippen molar-refractivity contribution in [1.29, 1.82) is 0 Å². The zero-order valence-electron chi connectivity index (χ0n) is 22.3. The lowest BCUT2D eigenvalue weighted by Gasteiger charge is -2.28. The average molecular weight is 547 g/mol. The number of nitrogens with zero attached hydrogens (tertiary/aromatic N) is 2. The number of hydrogen-bond acceptors (Lipinski definition) is 7. The molecule has 1 aromatic carbocycles. The minimum absolute atomic E-state index is 0.0361. The highest BCUT2D eigenvalue weighted by molar-refractivity contribution is 5.94. The van der Waals surface area contributed by atoms with Gasteiger partial charge in [-0.3, -0.25) is 19.4 Å². The van der Waals surface area contributed by atoms with Gasteiger partial charge in [0.1, 0.15) is 18.1 Å². The van der Waals surface area contributed by atoms with Crippen LogP contribution in [0.3, 0.4) is 0 Å². The molecule has 0 saturated carbocycles. The molecule has 3 amide bonds. The van der Waals surface area contributed by atoms with E-state index in [0.29, 0.717) is 58.2 Å². The Hall–Kier alpha value is -3.71.